The van der Waals surface area contributed by atoms with E-state index in [-0.39, 0.29) is 12.3 Å². The second kappa shape index (κ2) is 8.87. The maximum atomic E-state index is 12.2. The Hall–Kier alpha value is -3.20. The molecular weight excluding hydrogens is 444 g/mol. The molecule has 1 atom stereocenters. The van der Waals surface area contributed by atoms with Gasteiger partial charge in [-0.2, -0.15) is 0 Å². The van der Waals surface area contributed by atoms with Crippen molar-refractivity contribution in [3.63, 3.8) is 0 Å². The number of fused-ring (bicyclic) bond motifs is 1. The van der Waals surface area contributed by atoms with Crippen LogP contribution in [0.3, 0.4) is 0 Å². The molecule has 0 fully saturated rings. The van der Waals surface area contributed by atoms with Crippen molar-refractivity contribution in [1.29, 1.82) is 0 Å². The van der Waals surface area contributed by atoms with E-state index in [9.17, 15) is 19.2 Å². The van der Waals surface area contributed by atoms with Gasteiger partial charge in [-0.3, -0.25) is 9.59 Å². The number of anilines is 1. The average Bonchev–Trinajstić information content (AvgIpc) is 2.72. The van der Waals surface area contributed by atoms with Gasteiger partial charge in [-0.25, -0.2) is 9.59 Å². The van der Waals surface area contributed by atoms with Crippen LogP contribution in [0.15, 0.2) is 46.9 Å². The first-order valence-electron chi connectivity index (χ1n) is 8.65. The minimum atomic E-state index is -1.10. The van der Waals surface area contributed by atoms with Crippen LogP contribution in [0.1, 0.15) is 26.3 Å². The molecule has 9 heteroatoms. The van der Waals surface area contributed by atoms with Crippen LogP contribution in [0.25, 0.3) is 0 Å². The lowest BCUT2D eigenvalue weighted by Gasteiger charge is -2.23. The number of rotatable bonds is 5. The molecule has 150 valence electrons. The zero-order chi connectivity index (χ0) is 21.0. The Morgan fingerprint density at radius 1 is 1.17 bits per heavy atom. The van der Waals surface area contributed by atoms with E-state index >= 15 is 0 Å². The fourth-order valence-corrected chi connectivity index (χ4v) is 3.12. The Bertz CT molecular complexity index is 973. The smallest absolute Gasteiger partial charge is 0.348 e. The summed E-state index contributed by atoms with van der Waals surface area (Å²) in [5, 5.41) is 5.05. The Labute approximate surface area is 174 Å². The molecule has 1 aliphatic rings. The zero-order valence-corrected chi connectivity index (χ0v) is 16.9. The Kier molecular flexibility index (Phi) is 6.28. The number of amides is 2. The highest BCUT2D eigenvalue weighted by Crippen LogP contribution is 2.24. The summed E-state index contributed by atoms with van der Waals surface area (Å²) in [5.41, 5.74) is 1.96. The van der Waals surface area contributed by atoms with Crippen molar-refractivity contribution in [2.75, 3.05) is 19.0 Å². The fraction of sp³-hybridized carbons (Fsp3) is 0.200. The van der Waals surface area contributed by atoms with Crippen molar-refractivity contribution < 1.29 is 28.7 Å². The van der Waals surface area contributed by atoms with E-state index in [1.807, 2.05) is 0 Å². The van der Waals surface area contributed by atoms with Gasteiger partial charge in [-0.05, 0) is 42.0 Å². The number of carbonyl (C=O) groups is 4. The van der Waals surface area contributed by atoms with Gasteiger partial charge >= 0.3 is 11.9 Å². The van der Waals surface area contributed by atoms with Gasteiger partial charge in [0.2, 0.25) is 6.10 Å². The molecule has 0 saturated heterocycles. The van der Waals surface area contributed by atoms with Gasteiger partial charge in [0, 0.05) is 29.2 Å². The molecule has 0 bridgehead atoms. The van der Waals surface area contributed by atoms with E-state index in [0.717, 1.165) is 4.47 Å². The van der Waals surface area contributed by atoms with Crippen LogP contribution in [-0.2, 0) is 25.5 Å². The number of halogens is 1. The molecule has 1 aliphatic heterocycles. The van der Waals surface area contributed by atoms with Crippen molar-refractivity contribution in [2.45, 2.75) is 12.5 Å². The molecule has 2 aromatic carbocycles. The first-order valence-corrected chi connectivity index (χ1v) is 9.44. The third-order valence-electron chi connectivity index (χ3n) is 4.21. The van der Waals surface area contributed by atoms with Crippen LogP contribution in [0, 0.1) is 0 Å². The number of esters is 2. The number of cyclic esters (lactones) is 1. The first kappa shape index (κ1) is 20.5. The standard InChI is InChI=1S/C20H17BrN2O6/c1-22-18(25)11-3-6-14(7-4-11)23-17(24)10-28-20(27)16-8-12-2-5-13(21)9-15(12)19(26)29-16/h2-7,9,16H,8,10H2,1H3,(H,22,25)(H,23,24). The van der Waals surface area contributed by atoms with Gasteiger partial charge < -0.3 is 20.1 Å². The van der Waals surface area contributed by atoms with Crippen molar-refractivity contribution >= 4 is 45.4 Å². The number of nitrogens with one attached hydrogen (secondary N) is 2. The summed E-state index contributed by atoms with van der Waals surface area (Å²) in [6, 6.07) is 11.3. The third-order valence-corrected chi connectivity index (χ3v) is 4.71. The van der Waals surface area contributed by atoms with Gasteiger partial charge in [-0.15, -0.1) is 0 Å². The van der Waals surface area contributed by atoms with Gasteiger partial charge in [-0.1, -0.05) is 22.0 Å². The van der Waals surface area contributed by atoms with E-state index in [1.54, 1.807) is 42.5 Å². The van der Waals surface area contributed by atoms with Crippen molar-refractivity contribution in [2.24, 2.45) is 0 Å². The number of benzene rings is 2. The summed E-state index contributed by atoms with van der Waals surface area (Å²) in [6.45, 7) is -0.530. The average molecular weight is 461 g/mol. The van der Waals surface area contributed by atoms with E-state index in [0.29, 0.717) is 22.4 Å². The summed E-state index contributed by atoms with van der Waals surface area (Å²) in [6.07, 6.45) is -0.925. The predicted molar refractivity (Wildman–Crippen MR) is 106 cm³/mol. The SMILES string of the molecule is CNC(=O)c1ccc(NC(=O)COC(=O)C2Cc3ccc(Br)cc3C(=O)O2)cc1. The molecule has 1 heterocycles. The summed E-state index contributed by atoms with van der Waals surface area (Å²) >= 11 is 3.28. The topological polar surface area (TPSA) is 111 Å². The molecule has 0 aliphatic carbocycles. The molecule has 8 nitrogen and oxygen atoms in total. The largest absolute Gasteiger partial charge is 0.453 e. The summed E-state index contributed by atoms with van der Waals surface area (Å²) in [5.74, 6) is -2.21. The second-order valence-electron chi connectivity index (χ2n) is 6.21. The van der Waals surface area contributed by atoms with Gasteiger partial charge in [0.1, 0.15) is 0 Å². The number of hydrogen-bond donors (Lipinski definition) is 2. The number of hydrogen-bond acceptors (Lipinski definition) is 6. The molecule has 2 aromatic rings. The van der Waals surface area contributed by atoms with Crippen LogP contribution < -0.4 is 10.6 Å². The number of carbonyl (C=O) groups excluding carboxylic acids is 4. The summed E-state index contributed by atoms with van der Waals surface area (Å²) in [4.78, 5) is 47.8. The van der Waals surface area contributed by atoms with Gasteiger partial charge in [0.25, 0.3) is 11.8 Å². The Morgan fingerprint density at radius 2 is 1.90 bits per heavy atom. The second-order valence-corrected chi connectivity index (χ2v) is 7.13. The highest BCUT2D eigenvalue weighted by Gasteiger charge is 2.32. The lowest BCUT2D eigenvalue weighted by atomic mass is 9.99. The summed E-state index contributed by atoms with van der Waals surface area (Å²) in [7, 11) is 1.52. The minimum absolute atomic E-state index is 0.176. The zero-order valence-electron chi connectivity index (χ0n) is 15.4. The third kappa shape index (κ3) is 5.00. The van der Waals surface area contributed by atoms with Crippen LogP contribution in [0.4, 0.5) is 5.69 Å². The van der Waals surface area contributed by atoms with Crippen molar-refractivity contribution in [3.05, 3.63) is 63.6 Å². The van der Waals surface area contributed by atoms with Gasteiger partial charge in [0.15, 0.2) is 6.61 Å². The van der Waals surface area contributed by atoms with Crippen LogP contribution in [0.5, 0.6) is 0 Å². The predicted octanol–water partition coefficient (Wildman–Crippen LogP) is 2.07. The van der Waals surface area contributed by atoms with E-state index in [4.69, 9.17) is 9.47 Å². The quantitative estimate of drug-likeness (QED) is 0.660. The maximum absolute atomic E-state index is 12.2. The molecule has 0 radical (unpaired) electrons. The molecular formula is C20H17BrN2O6. The van der Waals surface area contributed by atoms with E-state index in [1.165, 1.54) is 7.05 Å². The highest BCUT2D eigenvalue weighted by atomic mass is 79.9. The molecule has 0 aromatic heterocycles. The lowest BCUT2D eigenvalue weighted by Crippen LogP contribution is -2.36. The minimum Gasteiger partial charge on any atom is -0.453 e. The Morgan fingerprint density at radius 3 is 2.59 bits per heavy atom. The molecule has 29 heavy (non-hydrogen) atoms. The molecule has 3 rings (SSSR count). The highest BCUT2D eigenvalue weighted by molar-refractivity contribution is 9.10. The van der Waals surface area contributed by atoms with Gasteiger partial charge in [0.05, 0.1) is 5.56 Å². The van der Waals surface area contributed by atoms with Crippen LogP contribution in [-0.4, -0.2) is 43.5 Å². The Balaban J connectivity index is 1.53. The molecule has 0 saturated carbocycles. The fourth-order valence-electron chi connectivity index (χ4n) is 2.76. The summed E-state index contributed by atoms with van der Waals surface area (Å²) < 4.78 is 10.8. The maximum Gasteiger partial charge on any atom is 0.348 e. The van der Waals surface area contributed by atoms with E-state index in [2.05, 4.69) is 26.6 Å². The van der Waals surface area contributed by atoms with Crippen LogP contribution >= 0.6 is 15.9 Å². The van der Waals surface area contributed by atoms with Crippen molar-refractivity contribution in [3.8, 4) is 0 Å². The van der Waals surface area contributed by atoms with Crippen molar-refractivity contribution in [1.82, 2.24) is 5.32 Å². The lowest BCUT2D eigenvalue weighted by molar-refractivity contribution is -0.156. The molecule has 2 N–H and O–H groups in total. The first-order chi connectivity index (χ1) is 13.9. The monoisotopic (exact) mass is 460 g/mol. The molecule has 0 spiro atoms. The normalized spacial score (nSPS) is 15.0. The van der Waals surface area contributed by atoms with Crippen LogP contribution in [0.2, 0.25) is 0 Å². The molecule has 1 unspecified atom stereocenters. The van der Waals surface area contributed by atoms with E-state index < -0.39 is 30.6 Å². The number of ether oxygens (including phenoxy) is 2. The molecule has 2 amide bonds.